The number of hydrogen-bond donors (Lipinski definition) is 0. The molecule has 4 heteroatoms. The van der Waals surface area contributed by atoms with Crippen LogP contribution < -0.4 is 9.47 Å². The summed E-state index contributed by atoms with van der Waals surface area (Å²) in [7, 11) is 0. The highest BCUT2D eigenvalue weighted by molar-refractivity contribution is 6.50. The third-order valence-electron chi connectivity index (χ3n) is 3.04. The third kappa shape index (κ3) is 1.96. The van der Waals surface area contributed by atoms with Crippen LogP contribution in [0.25, 0.3) is 0 Å². The highest BCUT2D eigenvalue weighted by atomic mass is 35.5. The normalized spacial score (nSPS) is 25.2. The molecule has 3 rings (SSSR count). The minimum absolute atomic E-state index is 0.374. The number of halogens is 2. The first-order chi connectivity index (χ1) is 7.65. The standard InChI is InChI=1S/C12H12Cl2O2/c13-12(14)7-9(12)5-8-1-2-10-11(6-8)16-4-3-15-10/h1-2,6,9H,3-5,7H2/t9-/m1/s1. The van der Waals surface area contributed by atoms with Crippen LogP contribution in [0, 0.1) is 5.92 Å². The van der Waals surface area contributed by atoms with Crippen LogP contribution >= 0.6 is 23.2 Å². The Bertz CT molecular complexity index is 417. The van der Waals surface area contributed by atoms with Gasteiger partial charge in [0, 0.05) is 0 Å². The number of fused-ring (bicyclic) bond motifs is 1. The summed E-state index contributed by atoms with van der Waals surface area (Å²) < 4.78 is 10.5. The van der Waals surface area contributed by atoms with E-state index < -0.39 is 4.33 Å². The van der Waals surface area contributed by atoms with Crippen molar-refractivity contribution in [2.45, 2.75) is 17.2 Å². The van der Waals surface area contributed by atoms with Crippen molar-refractivity contribution in [3.05, 3.63) is 23.8 Å². The molecule has 1 aromatic rings. The molecule has 86 valence electrons. The van der Waals surface area contributed by atoms with E-state index in [4.69, 9.17) is 32.7 Å². The molecule has 0 unspecified atom stereocenters. The van der Waals surface area contributed by atoms with Crippen LogP contribution in [0.4, 0.5) is 0 Å². The average Bonchev–Trinajstić information content (AvgIpc) is 2.86. The first-order valence-corrected chi connectivity index (χ1v) is 6.17. The molecule has 0 bridgehead atoms. The van der Waals surface area contributed by atoms with E-state index in [1.54, 1.807) is 0 Å². The van der Waals surface area contributed by atoms with E-state index in [0.29, 0.717) is 19.1 Å². The summed E-state index contributed by atoms with van der Waals surface area (Å²) >= 11 is 12.0. The molecule has 0 radical (unpaired) electrons. The predicted octanol–water partition coefficient (Wildman–Crippen LogP) is 3.19. The van der Waals surface area contributed by atoms with Gasteiger partial charge in [0.05, 0.1) is 0 Å². The Kier molecular flexibility index (Phi) is 2.45. The number of alkyl halides is 2. The first kappa shape index (κ1) is 10.5. The number of benzene rings is 1. The fourth-order valence-electron chi connectivity index (χ4n) is 1.99. The van der Waals surface area contributed by atoms with E-state index in [9.17, 15) is 0 Å². The maximum atomic E-state index is 6.01. The second-order valence-electron chi connectivity index (χ2n) is 4.34. The minimum Gasteiger partial charge on any atom is -0.486 e. The van der Waals surface area contributed by atoms with Gasteiger partial charge in [-0.2, -0.15) is 0 Å². The molecular formula is C12H12Cl2O2. The molecule has 1 heterocycles. The van der Waals surface area contributed by atoms with E-state index in [-0.39, 0.29) is 0 Å². The zero-order valence-corrected chi connectivity index (χ0v) is 10.2. The van der Waals surface area contributed by atoms with E-state index in [0.717, 1.165) is 24.3 Å². The third-order valence-corrected chi connectivity index (χ3v) is 3.97. The summed E-state index contributed by atoms with van der Waals surface area (Å²) in [6.07, 6.45) is 1.79. The summed E-state index contributed by atoms with van der Waals surface area (Å²) in [5.74, 6) is 2.03. The Balaban J connectivity index is 1.76. The van der Waals surface area contributed by atoms with Gasteiger partial charge in [-0.25, -0.2) is 0 Å². The fraction of sp³-hybridized carbons (Fsp3) is 0.500. The summed E-state index contributed by atoms with van der Waals surface area (Å²) in [6.45, 7) is 1.25. The molecule has 16 heavy (non-hydrogen) atoms. The summed E-state index contributed by atoms with van der Waals surface area (Å²) in [5, 5.41) is 0. The van der Waals surface area contributed by atoms with Crippen molar-refractivity contribution in [1.82, 2.24) is 0 Å². The predicted molar refractivity (Wildman–Crippen MR) is 63.7 cm³/mol. The van der Waals surface area contributed by atoms with Crippen LogP contribution in [0.2, 0.25) is 0 Å². The van der Waals surface area contributed by atoms with Gasteiger partial charge >= 0.3 is 0 Å². The summed E-state index contributed by atoms with van der Waals surface area (Å²) in [4.78, 5) is 0. The van der Waals surface area contributed by atoms with Gasteiger partial charge in [-0.05, 0) is 36.5 Å². The second kappa shape index (κ2) is 3.71. The van der Waals surface area contributed by atoms with Crippen molar-refractivity contribution >= 4 is 23.2 Å². The van der Waals surface area contributed by atoms with Crippen LogP contribution in [-0.2, 0) is 6.42 Å². The Morgan fingerprint density at radius 3 is 2.56 bits per heavy atom. The molecule has 1 saturated carbocycles. The lowest BCUT2D eigenvalue weighted by Gasteiger charge is -2.18. The molecule has 2 nitrogen and oxygen atoms in total. The summed E-state index contributed by atoms with van der Waals surface area (Å²) in [5.41, 5.74) is 1.21. The smallest absolute Gasteiger partial charge is 0.161 e. The van der Waals surface area contributed by atoms with E-state index in [1.165, 1.54) is 5.56 Å². The number of rotatable bonds is 2. The Morgan fingerprint density at radius 1 is 1.19 bits per heavy atom. The molecule has 1 aromatic carbocycles. The van der Waals surface area contributed by atoms with Crippen LogP contribution in [0.1, 0.15) is 12.0 Å². The highest BCUT2D eigenvalue weighted by Crippen LogP contribution is 2.54. The van der Waals surface area contributed by atoms with Gasteiger partial charge in [0.15, 0.2) is 11.5 Å². The second-order valence-corrected chi connectivity index (χ2v) is 5.89. The molecular weight excluding hydrogens is 247 g/mol. The molecule has 1 aliphatic heterocycles. The maximum absolute atomic E-state index is 6.01. The lowest BCUT2D eigenvalue weighted by Crippen LogP contribution is -2.15. The molecule has 1 aliphatic carbocycles. The monoisotopic (exact) mass is 258 g/mol. The molecule has 1 atom stereocenters. The molecule has 0 aromatic heterocycles. The van der Waals surface area contributed by atoms with Gasteiger partial charge in [-0.3, -0.25) is 0 Å². The number of hydrogen-bond acceptors (Lipinski definition) is 2. The van der Waals surface area contributed by atoms with Crippen molar-refractivity contribution < 1.29 is 9.47 Å². The zero-order chi connectivity index (χ0) is 11.2. The SMILES string of the molecule is ClC1(Cl)C[C@H]1Cc1ccc2c(c1)OCCO2. The van der Waals surface area contributed by atoms with Crippen molar-refractivity contribution in [1.29, 1.82) is 0 Å². The molecule has 0 saturated heterocycles. The maximum Gasteiger partial charge on any atom is 0.161 e. The van der Waals surface area contributed by atoms with Crippen molar-refractivity contribution in [2.24, 2.45) is 5.92 Å². The minimum atomic E-state index is -0.507. The zero-order valence-electron chi connectivity index (χ0n) is 8.71. The van der Waals surface area contributed by atoms with E-state index in [1.807, 2.05) is 12.1 Å². The fourth-order valence-corrected chi connectivity index (χ4v) is 2.52. The van der Waals surface area contributed by atoms with E-state index >= 15 is 0 Å². The van der Waals surface area contributed by atoms with Gasteiger partial charge in [-0.15, -0.1) is 23.2 Å². The Morgan fingerprint density at radius 2 is 1.88 bits per heavy atom. The summed E-state index contributed by atoms with van der Waals surface area (Å²) in [6, 6.07) is 6.03. The van der Waals surface area contributed by atoms with Gasteiger partial charge in [0.25, 0.3) is 0 Å². The topological polar surface area (TPSA) is 18.5 Å². The first-order valence-electron chi connectivity index (χ1n) is 5.41. The van der Waals surface area contributed by atoms with Gasteiger partial charge < -0.3 is 9.47 Å². The van der Waals surface area contributed by atoms with Crippen LogP contribution in [0.3, 0.4) is 0 Å². The van der Waals surface area contributed by atoms with Gasteiger partial charge in [0.1, 0.15) is 17.5 Å². The molecule has 2 aliphatic rings. The van der Waals surface area contributed by atoms with Crippen LogP contribution in [0.5, 0.6) is 11.5 Å². The quantitative estimate of drug-likeness (QED) is 0.759. The average molecular weight is 259 g/mol. The van der Waals surface area contributed by atoms with Crippen molar-refractivity contribution in [3.8, 4) is 11.5 Å². The number of ether oxygens (including phenoxy) is 2. The molecule has 0 spiro atoms. The van der Waals surface area contributed by atoms with E-state index in [2.05, 4.69) is 6.07 Å². The lowest BCUT2D eigenvalue weighted by atomic mass is 10.1. The molecule has 0 amide bonds. The largest absolute Gasteiger partial charge is 0.486 e. The van der Waals surface area contributed by atoms with Gasteiger partial charge in [0.2, 0.25) is 0 Å². The van der Waals surface area contributed by atoms with Crippen molar-refractivity contribution in [3.63, 3.8) is 0 Å². The highest BCUT2D eigenvalue weighted by Gasteiger charge is 2.51. The van der Waals surface area contributed by atoms with Crippen LogP contribution in [-0.4, -0.2) is 17.5 Å². The Labute approximate surface area is 104 Å². The van der Waals surface area contributed by atoms with Crippen LogP contribution in [0.15, 0.2) is 18.2 Å². The molecule has 1 fully saturated rings. The van der Waals surface area contributed by atoms with Crippen molar-refractivity contribution in [2.75, 3.05) is 13.2 Å². The lowest BCUT2D eigenvalue weighted by molar-refractivity contribution is 0.171. The molecule has 0 N–H and O–H groups in total. The van der Waals surface area contributed by atoms with Gasteiger partial charge in [-0.1, -0.05) is 6.07 Å². The Hall–Kier alpha value is -0.600.